The van der Waals surface area contributed by atoms with Gasteiger partial charge in [0.15, 0.2) is 5.65 Å². The quantitative estimate of drug-likeness (QED) is 0.712. The molecule has 0 aliphatic heterocycles. The van der Waals surface area contributed by atoms with Crippen molar-refractivity contribution >= 4 is 11.6 Å². The predicted octanol–water partition coefficient (Wildman–Crippen LogP) is -0.000300. The molecule has 0 aliphatic carbocycles. The SMILES string of the molecule is CCc1nnc(CNC(=O)c2ccc3nnnn3c2)o1. The number of rotatable bonds is 4. The van der Waals surface area contributed by atoms with Gasteiger partial charge in [0.25, 0.3) is 5.91 Å². The van der Waals surface area contributed by atoms with E-state index in [1.54, 1.807) is 18.3 Å². The molecule has 3 aromatic rings. The van der Waals surface area contributed by atoms with E-state index < -0.39 is 0 Å². The van der Waals surface area contributed by atoms with Crippen molar-refractivity contribution in [3.8, 4) is 0 Å². The predicted molar refractivity (Wildman–Crippen MR) is 65.6 cm³/mol. The van der Waals surface area contributed by atoms with Crippen molar-refractivity contribution in [2.45, 2.75) is 19.9 Å². The van der Waals surface area contributed by atoms with Gasteiger partial charge in [-0.05, 0) is 22.6 Å². The van der Waals surface area contributed by atoms with Gasteiger partial charge in [-0.2, -0.15) is 4.52 Å². The lowest BCUT2D eigenvalue weighted by molar-refractivity contribution is 0.0946. The number of hydrogen-bond donors (Lipinski definition) is 1. The van der Waals surface area contributed by atoms with Crippen LogP contribution in [0, 0.1) is 0 Å². The average Bonchev–Trinajstić information content (AvgIpc) is 3.12. The van der Waals surface area contributed by atoms with Crippen LogP contribution in [0.4, 0.5) is 0 Å². The summed E-state index contributed by atoms with van der Waals surface area (Å²) in [5.74, 6) is 0.654. The Hall–Kier alpha value is -2.84. The molecule has 0 spiro atoms. The van der Waals surface area contributed by atoms with Gasteiger partial charge in [0, 0.05) is 12.6 Å². The molecule has 0 aliphatic rings. The average molecular weight is 273 g/mol. The zero-order chi connectivity index (χ0) is 13.9. The number of amides is 1. The van der Waals surface area contributed by atoms with Gasteiger partial charge in [0.2, 0.25) is 11.8 Å². The maximum atomic E-state index is 12.0. The van der Waals surface area contributed by atoms with Crippen LogP contribution in [0.5, 0.6) is 0 Å². The number of nitrogens with zero attached hydrogens (tertiary/aromatic N) is 6. The summed E-state index contributed by atoms with van der Waals surface area (Å²) in [5, 5.41) is 21.3. The monoisotopic (exact) mass is 273 g/mol. The number of fused-ring (bicyclic) bond motifs is 1. The Morgan fingerprint density at radius 1 is 1.30 bits per heavy atom. The van der Waals surface area contributed by atoms with Crippen molar-refractivity contribution in [1.29, 1.82) is 0 Å². The van der Waals surface area contributed by atoms with Crippen molar-refractivity contribution in [3.05, 3.63) is 35.7 Å². The summed E-state index contributed by atoms with van der Waals surface area (Å²) in [4.78, 5) is 12.0. The molecule has 0 saturated carbocycles. The number of nitrogens with one attached hydrogen (secondary N) is 1. The Bertz CT molecular complexity index is 748. The molecular formula is C11H11N7O2. The first kappa shape index (κ1) is 12.2. The fourth-order valence-corrected chi connectivity index (χ4v) is 1.64. The molecule has 20 heavy (non-hydrogen) atoms. The summed E-state index contributed by atoms with van der Waals surface area (Å²) >= 11 is 0. The minimum absolute atomic E-state index is 0.180. The third-order valence-electron chi connectivity index (χ3n) is 2.67. The lowest BCUT2D eigenvalue weighted by atomic mass is 10.2. The van der Waals surface area contributed by atoms with Gasteiger partial charge >= 0.3 is 0 Å². The van der Waals surface area contributed by atoms with Gasteiger partial charge in [-0.1, -0.05) is 6.92 Å². The van der Waals surface area contributed by atoms with E-state index in [4.69, 9.17) is 4.42 Å². The van der Waals surface area contributed by atoms with Gasteiger partial charge in [-0.25, -0.2) is 0 Å². The lowest BCUT2D eigenvalue weighted by Crippen LogP contribution is -2.23. The maximum absolute atomic E-state index is 12.0. The second-order valence-corrected chi connectivity index (χ2v) is 4.03. The van der Waals surface area contributed by atoms with E-state index in [9.17, 15) is 4.79 Å². The minimum Gasteiger partial charge on any atom is -0.423 e. The summed E-state index contributed by atoms with van der Waals surface area (Å²) in [5.41, 5.74) is 1.02. The summed E-state index contributed by atoms with van der Waals surface area (Å²) in [7, 11) is 0. The van der Waals surface area contributed by atoms with Crippen LogP contribution in [0.3, 0.4) is 0 Å². The van der Waals surface area contributed by atoms with Crippen LogP contribution in [0.2, 0.25) is 0 Å². The van der Waals surface area contributed by atoms with E-state index in [1.165, 1.54) is 4.52 Å². The van der Waals surface area contributed by atoms with E-state index in [-0.39, 0.29) is 12.5 Å². The van der Waals surface area contributed by atoms with Crippen LogP contribution < -0.4 is 5.32 Å². The fourth-order valence-electron chi connectivity index (χ4n) is 1.64. The number of hydrogen-bond acceptors (Lipinski definition) is 7. The van der Waals surface area contributed by atoms with Gasteiger partial charge in [-0.3, -0.25) is 4.79 Å². The first-order chi connectivity index (χ1) is 9.76. The highest BCUT2D eigenvalue weighted by atomic mass is 16.4. The third kappa shape index (κ3) is 2.32. The van der Waals surface area contributed by atoms with Gasteiger partial charge < -0.3 is 9.73 Å². The van der Waals surface area contributed by atoms with E-state index in [0.29, 0.717) is 29.4 Å². The Balaban J connectivity index is 1.69. The van der Waals surface area contributed by atoms with E-state index in [0.717, 1.165) is 0 Å². The molecule has 9 nitrogen and oxygen atoms in total. The number of carbonyl (C=O) groups excluding carboxylic acids is 1. The maximum Gasteiger partial charge on any atom is 0.253 e. The molecule has 0 bridgehead atoms. The third-order valence-corrected chi connectivity index (χ3v) is 2.67. The molecule has 102 valence electrons. The molecule has 9 heteroatoms. The molecule has 1 N–H and O–H groups in total. The second kappa shape index (κ2) is 5.03. The Morgan fingerprint density at radius 2 is 2.15 bits per heavy atom. The second-order valence-electron chi connectivity index (χ2n) is 4.03. The first-order valence-electron chi connectivity index (χ1n) is 6.03. The standard InChI is InChI=1S/C11H11N7O2/c1-2-9-14-15-10(20-9)5-12-11(19)7-3-4-8-13-16-17-18(8)6-7/h3-4,6H,2,5H2,1H3,(H,12,19). The van der Waals surface area contributed by atoms with E-state index in [2.05, 4.69) is 31.0 Å². The normalized spacial score (nSPS) is 10.8. The van der Waals surface area contributed by atoms with Gasteiger partial charge in [0.05, 0.1) is 12.1 Å². The highest BCUT2D eigenvalue weighted by Crippen LogP contribution is 2.04. The number of pyridine rings is 1. The summed E-state index contributed by atoms with van der Waals surface area (Å²) in [6.45, 7) is 2.09. The first-order valence-corrected chi connectivity index (χ1v) is 6.03. The molecule has 0 unspecified atom stereocenters. The molecule has 0 atom stereocenters. The summed E-state index contributed by atoms with van der Waals surface area (Å²) in [6.07, 6.45) is 2.22. The summed E-state index contributed by atoms with van der Waals surface area (Å²) in [6, 6.07) is 3.31. The largest absolute Gasteiger partial charge is 0.423 e. The number of carbonyl (C=O) groups is 1. The van der Waals surface area contributed by atoms with E-state index >= 15 is 0 Å². The molecule has 3 aromatic heterocycles. The molecule has 3 rings (SSSR count). The van der Waals surface area contributed by atoms with Gasteiger partial charge in [0.1, 0.15) is 0 Å². The van der Waals surface area contributed by atoms with Crippen molar-refractivity contribution in [1.82, 2.24) is 35.6 Å². The van der Waals surface area contributed by atoms with E-state index in [1.807, 2.05) is 6.92 Å². The Kier molecular flexibility index (Phi) is 3.07. The van der Waals surface area contributed by atoms with Crippen molar-refractivity contribution in [3.63, 3.8) is 0 Å². The summed E-state index contributed by atoms with van der Waals surface area (Å²) < 4.78 is 6.73. The number of aromatic nitrogens is 6. The molecule has 0 aromatic carbocycles. The van der Waals surface area contributed by atoms with Crippen LogP contribution in [-0.2, 0) is 13.0 Å². The molecule has 1 amide bonds. The lowest BCUT2D eigenvalue weighted by Gasteiger charge is -2.02. The zero-order valence-corrected chi connectivity index (χ0v) is 10.6. The highest BCUT2D eigenvalue weighted by molar-refractivity contribution is 5.94. The Morgan fingerprint density at radius 3 is 2.95 bits per heavy atom. The van der Waals surface area contributed by atoms with Crippen molar-refractivity contribution in [2.24, 2.45) is 0 Å². The molecule has 0 saturated heterocycles. The fraction of sp³-hybridized carbons (Fsp3) is 0.273. The number of tetrazole rings is 1. The van der Waals surface area contributed by atoms with Gasteiger partial charge in [-0.15, -0.1) is 15.3 Å². The molecule has 3 heterocycles. The van der Waals surface area contributed by atoms with Crippen LogP contribution >= 0.6 is 0 Å². The number of aryl methyl sites for hydroxylation is 1. The van der Waals surface area contributed by atoms with Crippen LogP contribution in [0.25, 0.3) is 5.65 Å². The zero-order valence-electron chi connectivity index (χ0n) is 10.6. The smallest absolute Gasteiger partial charge is 0.253 e. The Labute approximate surface area is 113 Å². The van der Waals surface area contributed by atoms with Crippen molar-refractivity contribution in [2.75, 3.05) is 0 Å². The van der Waals surface area contributed by atoms with Crippen LogP contribution in [0.15, 0.2) is 22.7 Å². The van der Waals surface area contributed by atoms with Crippen LogP contribution in [0.1, 0.15) is 29.1 Å². The molecule has 0 fully saturated rings. The molecular weight excluding hydrogens is 262 g/mol. The minimum atomic E-state index is -0.265. The molecule has 0 radical (unpaired) electrons. The topological polar surface area (TPSA) is 111 Å². The van der Waals surface area contributed by atoms with Crippen molar-refractivity contribution < 1.29 is 9.21 Å². The highest BCUT2D eigenvalue weighted by Gasteiger charge is 2.10. The van der Waals surface area contributed by atoms with Crippen LogP contribution in [-0.4, -0.2) is 36.1 Å².